The Morgan fingerprint density at radius 2 is 1.62 bits per heavy atom. The molecule has 0 bridgehead atoms. The van der Waals surface area contributed by atoms with Gasteiger partial charge in [0.25, 0.3) is 5.91 Å². The van der Waals surface area contributed by atoms with E-state index in [-0.39, 0.29) is 5.91 Å². The van der Waals surface area contributed by atoms with Crippen molar-refractivity contribution in [2.45, 2.75) is 6.42 Å². The smallest absolute Gasteiger partial charge is 0.251 e. The van der Waals surface area contributed by atoms with E-state index in [1.807, 2.05) is 18.2 Å². The summed E-state index contributed by atoms with van der Waals surface area (Å²) in [5, 5.41) is 3.01. The minimum absolute atomic E-state index is 0.111. The molecule has 2 N–H and O–H groups in total. The SMILES string of the molecule is O=C(NCCC[NH+]1CCOCC1)c1ccc2nc(-c3ccco3)c(-c3ccco3)nc2c1. The van der Waals surface area contributed by atoms with Crippen LogP contribution in [0, 0.1) is 0 Å². The largest absolute Gasteiger partial charge is 0.463 e. The minimum Gasteiger partial charge on any atom is -0.463 e. The van der Waals surface area contributed by atoms with E-state index in [1.54, 1.807) is 36.8 Å². The fourth-order valence-electron chi connectivity index (χ4n) is 3.92. The third-order valence-electron chi connectivity index (χ3n) is 5.63. The Labute approximate surface area is 185 Å². The zero-order valence-corrected chi connectivity index (χ0v) is 17.7. The van der Waals surface area contributed by atoms with Crippen LogP contribution in [0.2, 0.25) is 0 Å². The Morgan fingerprint density at radius 1 is 0.938 bits per heavy atom. The Bertz CT molecular complexity index is 1180. The number of benzene rings is 1. The van der Waals surface area contributed by atoms with Crippen LogP contribution >= 0.6 is 0 Å². The number of quaternary nitrogens is 1. The maximum atomic E-state index is 12.7. The minimum atomic E-state index is -0.111. The van der Waals surface area contributed by atoms with Gasteiger partial charge in [-0.15, -0.1) is 0 Å². The van der Waals surface area contributed by atoms with Crippen molar-refractivity contribution < 1.29 is 23.3 Å². The zero-order valence-electron chi connectivity index (χ0n) is 17.7. The Kier molecular flexibility index (Phi) is 5.96. The lowest BCUT2D eigenvalue weighted by Crippen LogP contribution is -3.14. The Hall–Kier alpha value is -3.49. The fraction of sp³-hybridized carbons (Fsp3) is 0.292. The molecule has 0 atom stereocenters. The highest BCUT2D eigenvalue weighted by Gasteiger charge is 2.18. The number of hydrogen-bond acceptors (Lipinski definition) is 6. The lowest BCUT2D eigenvalue weighted by Gasteiger charge is -2.23. The molecule has 1 amide bonds. The van der Waals surface area contributed by atoms with Crippen LogP contribution in [0.5, 0.6) is 0 Å². The first-order valence-electron chi connectivity index (χ1n) is 10.9. The lowest BCUT2D eigenvalue weighted by atomic mass is 10.1. The summed E-state index contributed by atoms with van der Waals surface area (Å²) >= 11 is 0. The number of carbonyl (C=O) groups excluding carboxylic acids is 1. The molecule has 0 aliphatic carbocycles. The van der Waals surface area contributed by atoms with Crippen molar-refractivity contribution in [3.8, 4) is 22.9 Å². The van der Waals surface area contributed by atoms with Crippen LogP contribution in [0.25, 0.3) is 33.9 Å². The van der Waals surface area contributed by atoms with E-state index in [9.17, 15) is 4.79 Å². The van der Waals surface area contributed by atoms with Gasteiger partial charge >= 0.3 is 0 Å². The first kappa shape index (κ1) is 20.4. The van der Waals surface area contributed by atoms with Crippen LogP contribution in [-0.4, -0.2) is 55.3 Å². The second-order valence-corrected chi connectivity index (χ2v) is 7.80. The van der Waals surface area contributed by atoms with E-state index < -0.39 is 0 Å². The predicted octanol–water partition coefficient (Wildman–Crippen LogP) is 2.18. The maximum Gasteiger partial charge on any atom is 0.251 e. The Morgan fingerprint density at radius 3 is 2.28 bits per heavy atom. The molecule has 0 saturated carbocycles. The van der Waals surface area contributed by atoms with Crippen LogP contribution in [0.3, 0.4) is 0 Å². The summed E-state index contributed by atoms with van der Waals surface area (Å²) in [6.45, 7) is 5.39. The van der Waals surface area contributed by atoms with Gasteiger partial charge in [-0.25, -0.2) is 9.97 Å². The van der Waals surface area contributed by atoms with Gasteiger partial charge in [0, 0.05) is 18.5 Å². The van der Waals surface area contributed by atoms with Gasteiger partial charge in [0.05, 0.1) is 43.3 Å². The highest BCUT2D eigenvalue weighted by molar-refractivity contribution is 5.97. The van der Waals surface area contributed by atoms with Gasteiger partial charge in [-0.1, -0.05) is 0 Å². The molecule has 3 aromatic heterocycles. The van der Waals surface area contributed by atoms with Gasteiger partial charge in [-0.3, -0.25) is 4.79 Å². The lowest BCUT2D eigenvalue weighted by molar-refractivity contribution is -0.908. The first-order valence-corrected chi connectivity index (χ1v) is 10.9. The van der Waals surface area contributed by atoms with E-state index in [0.29, 0.717) is 46.0 Å². The molecule has 1 saturated heterocycles. The van der Waals surface area contributed by atoms with Gasteiger partial charge in [0.2, 0.25) is 0 Å². The maximum absolute atomic E-state index is 12.7. The molecule has 1 aliphatic heterocycles. The summed E-state index contributed by atoms with van der Waals surface area (Å²) < 4.78 is 16.5. The molecule has 0 spiro atoms. The highest BCUT2D eigenvalue weighted by Crippen LogP contribution is 2.31. The molecule has 0 radical (unpaired) electrons. The summed E-state index contributed by atoms with van der Waals surface area (Å²) in [4.78, 5) is 23.7. The van der Waals surface area contributed by atoms with Gasteiger partial charge < -0.3 is 23.8 Å². The molecule has 1 fully saturated rings. The number of hydrogen-bond donors (Lipinski definition) is 2. The van der Waals surface area contributed by atoms with E-state index in [0.717, 1.165) is 39.3 Å². The number of furan rings is 2. The molecule has 5 rings (SSSR count). The molecule has 1 aromatic carbocycles. The van der Waals surface area contributed by atoms with Crippen molar-refractivity contribution in [2.75, 3.05) is 39.4 Å². The molecule has 0 unspecified atom stereocenters. The van der Waals surface area contributed by atoms with E-state index >= 15 is 0 Å². The highest BCUT2D eigenvalue weighted by atomic mass is 16.5. The quantitative estimate of drug-likeness (QED) is 0.434. The second-order valence-electron chi connectivity index (χ2n) is 7.80. The van der Waals surface area contributed by atoms with Gasteiger partial charge in [0.1, 0.15) is 24.5 Å². The second kappa shape index (κ2) is 9.33. The molecule has 8 nitrogen and oxygen atoms in total. The van der Waals surface area contributed by atoms with Crippen molar-refractivity contribution in [1.29, 1.82) is 0 Å². The van der Waals surface area contributed by atoms with Gasteiger partial charge in [0.15, 0.2) is 11.5 Å². The standard InChI is InChI=1S/C24H24N4O4/c29-24(25-8-3-9-28-10-14-30-15-11-28)17-6-7-18-19(16-17)27-23(21-5-2-13-32-21)22(26-18)20-4-1-12-31-20/h1-2,4-7,12-13,16H,3,8-11,14-15H2,(H,25,29)/p+1. The summed E-state index contributed by atoms with van der Waals surface area (Å²) in [7, 11) is 0. The normalized spacial score (nSPS) is 14.6. The number of carbonyl (C=O) groups is 1. The van der Waals surface area contributed by atoms with Crippen LogP contribution in [-0.2, 0) is 4.74 Å². The summed E-state index contributed by atoms with van der Waals surface area (Å²) in [5.41, 5.74) is 3.03. The Balaban J connectivity index is 1.34. The summed E-state index contributed by atoms with van der Waals surface area (Å²) in [6.07, 6.45) is 4.13. The molecular weight excluding hydrogens is 408 g/mol. The van der Waals surface area contributed by atoms with Gasteiger partial charge in [-0.05, 0) is 42.5 Å². The molecular formula is C24H25N4O4+. The fourth-order valence-corrected chi connectivity index (χ4v) is 3.92. The molecule has 4 heterocycles. The third kappa shape index (κ3) is 4.42. The van der Waals surface area contributed by atoms with E-state index in [4.69, 9.17) is 23.5 Å². The molecule has 8 heteroatoms. The number of rotatable bonds is 7. The average molecular weight is 433 g/mol. The molecule has 1 aliphatic rings. The molecule has 32 heavy (non-hydrogen) atoms. The van der Waals surface area contributed by atoms with E-state index in [2.05, 4.69) is 5.32 Å². The molecule has 4 aromatic rings. The van der Waals surface area contributed by atoms with E-state index in [1.165, 1.54) is 4.90 Å². The predicted molar refractivity (Wildman–Crippen MR) is 118 cm³/mol. The number of amides is 1. The van der Waals surface area contributed by atoms with Crippen molar-refractivity contribution in [2.24, 2.45) is 0 Å². The van der Waals surface area contributed by atoms with Crippen LogP contribution in [0.4, 0.5) is 0 Å². The topological polar surface area (TPSA) is 94.8 Å². The third-order valence-corrected chi connectivity index (χ3v) is 5.63. The monoisotopic (exact) mass is 433 g/mol. The van der Waals surface area contributed by atoms with Crippen LogP contribution in [0.15, 0.2) is 63.8 Å². The number of aromatic nitrogens is 2. The van der Waals surface area contributed by atoms with Crippen LogP contribution < -0.4 is 10.2 Å². The zero-order chi connectivity index (χ0) is 21.8. The summed E-state index contributed by atoms with van der Waals surface area (Å²) in [5.74, 6) is 1.08. The first-order chi connectivity index (χ1) is 15.8. The van der Waals surface area contributed by atoms with Crippen molar-refractivity contribution >= 4 is 16.9 Å². The number of nitrogens with zero attached hydrogens (tertiary/aromatic N) is 2. The number of morpholine rings is 1. The number of ether oxygens (including phenoxy) is 1. The summed E-state index contributed by atoms with van der Waals surface area (Å²) in [6, 6.07) is 12.6. The van der Waals surface area contributed by atoms with Crippen molar-refractivity contribution in [1.82, 2.24) is 15.3 Å². The molecule has 164 valence electrons. The van der Waals surface area contributed by atoms with Crippen LogP contribution in [0.1, 0.15) is 16.8 Å². The van der Waals surface area contributed by atoms with Crippen molar-refractivity contribution in [3.63, 3.8) is 0 Å². The van der Waals surface area contributed by atoms with Crippen molar-refractivity contribution in [3.05, 3.63) is 60.6 Å². The van der Waals surface area contributed by atoms with Gasteiger partial charge in [-0.2, -0.15) is 0 Å². The number of fused-ring (bicyclic) bond motifs is 1. The average Bonchev–Trinajstić information content (AvgIpc) is 3.56. The number of nitrogens with one attached hydrogen (secondary N) is 2.